The van der Waals surface area contributed by atoms with Gasteiger partial charge in [-0.3, -0.25) is 10.1 Å². The summed E-state index contributed by atoms with van der Waals surface area (Å²) in [4.78, 5) is 24.6. The van der Waals surface area contributed by atoms with Crippen LogP contribution in [0.1, 0.15) is 10.4 Å². The van der Waals surface area contributed by atoms with Crippen LogP contribution in [-0.4, -0.2) is 11.9 Å². The molecule has 1 aromatic carbocycles. The number of hydrogen-bond acceptors (Lipinski definition) is 4. The number of halogens is 1. The summed E-state index contributed by atoms with van der Waals surface area (Å²) in [6, 6.07) is 6.72. The molecule has 3 amide bonds. The van der Waals surface area contributed by atoms with E-state index >= 15 is 0 Å². The van der Waals surface area contributed by atoms with E-state index in [0.717, 1.165) is 5.56 Å². The Kier molecular flexibility index (Phi) is 5.14. The van der Waals surface area contributed by atoms with Gasteiger partial charge in [0, 0.05) is 17.3 Å². The Morgan fingerprint density at radius 3 is 2.62 bits per heavy atom. The second kappa shape index (κ2) is 7.66. The van der Waals surface area contributed by atoms with Crippen molar-refractivity contribution in [3.8, 4) is 10.4 Å². The molecule has 2 heterocycles. The highest BCUT2D eigenvalue weighted by Crippen LogP contribution is 2.35. The Balaban J connectivity index is 1.91. The Morgan fingerprint density at radius 1 is 1.12 bits per heavy atom. The summed E-state index contributed by atoms with van der Waals surface area (Å²) in [7, 11) is 0. The first kappa shape index (κ1) is 17.4. The summed E-state index contributed by atoms with van der Waals surface area (Å²) in [5.41, 5.74) is 6.74. The molecular weight excluding hydrogens is 355 g/mol. The van der Waals surface area contributed by atoms with Crippen molar-refractivity contribution in [1.82, 2.24) is 10.6 Å². The SMILES string of the molecule is NC(=O)Nc1sc(-c2ccc(F)cc2)cc1C(=O)NC1=CNC=CC=C1. The second-order valence-electron chi connectivity index (χ2n) is 5.29. The van der Waals surface area contributed by atoms with Crippen molar-refractivity contribution in [2.45, 2.75) is 0 Å². The van der Waals surface area contributed by atoms with E-state index in [1.54, 1.807) is 48.8 Å². The summed E-state index contributed by atoms with van der Waals surface area (Å²) >= 11 is 1.18. The van der Waals surface area contributed by atoms with Crippen LogP contribution in [0.15, 0.2) is 66.7 Å². The van der Waals surface area contributed by atoms with Gasteiger partial charge in [-0.2, -0.15) is 0 Å². The van der Waals surface area contributed by atoms with Crippen molar-refractivity contribution in [2.24, 2.45) is 5.73 Å². The van der Waals surface area contributed by atoms with Crippen molar-refractivity contribution in [1.29, 1.82) is 0 Å². The minimum absolute atomic E-state index is 0.264. The molecule has 8 heteroatoms. The van der Waals surface area contributed by atoms with E-state index in [1.165, 1.54) is 23.5 Å². The molecule has 0 unspecified atom stereocenters. The Bertz CT molecular complexity index is 929. The number of primary amides is 1. The van der Waals surface area contributed by atoms with Gasteiger partial charge in [0.1, 0.15) is 10.8 Å². The van der Waals surface area contributed by atoms with Gasteiger partial charge < -0.3 is 16.4 Å². The third-order valence-corrected chi connectivity index (χ3v) is 4.52. The number of nitrogens with one attached hydrogen (secondary N) is 3. The third kappa shape index (κ3) is 4.17. The molecule has 132 valence electrons. The maximum atomic E-state index is 13.1. The van der Waals surface area contributed by atoms with Crippen LogP contribution in [0, 0.1) is 5.82 Å². The molecule has 0 aliphatic carbocycles. The quantitative estimate of drug-likeness (QED) is 0.665. The molecular formula is C18H15FN4O2S. The van der Waals surface area contributed by atoms with Crippen LogP contribution in [0.4, 0.5) is 14.2 Å². The summed E-state index contributed by atoms with van der Waals surface area (Å²) < 4.78 is 13.1. The maximum absolute atomic E-state index is 13.1. The van der Waals surface area contributed by atoms with Crippen LogP contribution in [0.5, 0.6) is 0 Å². The number of thiophene rings is 1. The molecule has 3 rings (SSSR count). The highest BCUT2D eigenvalue weighted by molar-refractivity contribution is 7.20. The fraction of sp³-hybridized carbons (Fsp3) is 0. The van der Waals surface area contributed by atoms with E-state index in [9.17, 15) is 14.0 Å². The van der Waals surface area contributed by atoms with Crippen LogP contribution in [-0.2, 0) is 0 Å². The van der Waals surface area contributed by atoms with Crippen LogP contribution in [0.25, 0.3) is 10.4 Å². The average Bonchev–Trinajstić information content (AvgIpc) is 2.84. The molecule has 0 radical (unpaired) electrons. The molecule has 5 N–H and O–H groups in total. The van der Waals surface area contributed by atoms with Gasteiger partial charge >= 0.3 is 6.03 Å². The largest absolute Gasteiger partial charge is 0.366 e. The summed E-state index contributed by atoms with van der Waals surface area (Å²) in [5, 5.41) is 8.43. The molecule has 2 aromatic rings. The zero-order chi connectivity index (χ0) is 18.5. The zero-order valence-corrected chi connectivity index (χ0v) is 14.3. The van der Waals surface area contributed by atoms with E-state index in [0.29, 0.717) is 15.6 Å². The van der Waals surface area contributed by atoms with Crippen molar-refractivity contribution in [3.63, 3.8) is 0 Å². The summed E-state index contributed by atoms with van der Waals surface area (Å²) in [6.07, 6.45) is 8.63. The Labute approximate surface area is 152 Å². The topological polar surface area (TPSA) is 96.2 Å². The number of benzene rings is 1. The molecule has 0 bridgehead atoms. The fourth-order valence-corrected chi connectivity index (χ4v) is 3.32. The predicted octanol–water partition coefficient (Wildman–Crippen LogP) is 3.29. The monoisotopic (exact) mass is 370 g/mol. The van der Waals surface area contributed by atoms with E-state index in [4.69, 9.17) is 5.73 Å². The van der Waals surface area contributed by atoms with Gasteiger partial charge in [0.2, 0.25) is 0 Å². The van der Waals surface area contributed by atoms with E-state index in [-0.39, 0.29) is 11.4 Å². The van der Waals surface area contributed by atoms with Crippen molar-refractivity contribution < 1.29 is 14.0 Å². The Hall–Kier alpha value is -3.39. The molecule has 0 saturated heterocycles. The number of carbonyl (C=O) groups excluding carboxylic acids is 2. The first-order valence-corrected chi connectivity index (χ1v) is 8.41. The molecule has 0 saturated carbocycles. The third-order valence-electron chi connectivity index (χ3n) is 3.42. The van der Waals surface area contributed by atoms with E-state index in [2.05, 4.69) is 16.0 Å². The number of anilines is 1. The molecule has 0 spiro atoms. The minimum atomic E-state index is -0.772. The normalized spacial score (nSPS) is 12.7. The lowest BCUT2D eigenvalue weighted by molar-refractivity contribution is 0.0968. The van der Waals surface area contributed by atoms with E-state index in [1.807, 2.05) is 0 Å². The molecule has 1 aliphatic heterocycles. The molecule has 0 atom stereocenters. The van der Waals surface area contributed by atoms with Gasteiger partial charge in [-0.05, 0) is 35.9 Å². The van der Waals surface area contributed by atoms with Crippen LogP contribution >= 0.6 is 11.3 Å². The van der Waals surface area contributed by atoms with Crippen molar-refractivity contribution >= 4 is 28.3 Å². The lowest BCUT2D eigenvalue weighted by Gasteiger charge is -2.06. The molecule has 0 fully saturated rings. The minimum Gasteiger partial charge on any atom is -0.366 e. The molecule has 6 nitrogen and oxygen atoms in total. The van der Waals surface area contributed by atoms with Crippen molar-refractivity contribution in [3.05, 3.63) is 78.0 Å². The second-order valence-corrected chi connectivity index (χ2v) is 6.34. The number of nitrogens with two attached hydrogens (primary N) is 1. The Morgan fingerprint density at radius 2 is 1.88 bits per heavy atom. The lowest BCUT2D eigenvalue weighted by atomic mass is 10.1. The van der Waals surface area contributed by atoms with Gasteiger partial charge in [-0.1, -0.05) is 18.2 Å². The van der Waals surface area contributed by atoms with Gasteiger partial charge in [-0.15, -0.1) is 11.3 Å². The number of allylic oxidation sites excluding steroid dienone is 3. The first-order valence-electron chi connectivity index (χ1n) is 7.60. The maximum Gasteiger partial charge on any atom is 0.317 e. The highest BCUT2D eigenvalue weighted by atomic mass is 32.1. The summed E-state index contributed by atoms with van der Waals surface area (Å²) in [5.74, 6) is -0.759. The van der Waals surface area contributed by atoms with Gasteiger partial charge in [0.15, 0.2) is 0 Å². The van der Waals surface area contributed by atoms with Crippen LogP contribution in [0.3, 0.4) is 0 Å². The smallest absolute Gasteiger partial charge is 0.317 e. The van der Waals surface area contributed by atoms with Crippen molar-refractivity contribution in [2.75, 3.05) is 5.32 Å². The standard InChI is InChI=1S/C18H15FN4O2S/c19-12-6-4-11(5-7-12)15-9-14(17(26-15)23-18(20)25)16(24)22-13-3-1-2-8-21-10-13/h1-10,21H,(H,22,24)(H3,20,23,25). The van der Waals surface area contributed by atoms with Crippen LogP contribution in [0.2, 0.25) is 0 Å². The van der Waals surface area contributed by atoms with Gasteiger partial charge in [0.05, 0.1) is 11.3 Å². The first-order chi connectivity index (χ1) is 12.5. The molecule has 1 aliphatic rings. The number of hydrogen-bond donors (Lipinski definition) is 4. The number of urea groups is 1. The zero-order valence-electron chi connectivity index (χ0n) is 13.5. The average molecular weight is 370 g/mol. The van der Waals surface area contributed by atoms with E-state index < -0.39 is 11.9 Å². The van der Waals surface area contributed by atoms with Gasteiger partial charge in [0.25, 0.3) is 5.91 Å². The van der Waals surface area contributed by atoms with Gasteiger partial charge in [-0.25, -0.2) is 9.18 Å². The molecule has 1 aromatic heterocycles. The number of amides is 3. The van der Waals surface area contributed by atoms with Crippen LogP contribution < -0.4 is 21.7 Å². The predicted molar refractivity (Wildman–Crippen MR) is 99.9 cm³/mol. The number of rotatable bonds is 4. The lowest BCUT2D eigenvalue weighted by Crippen LogP contribution is -2.25. The number of carbonyl (C=O) groups is 2. The molecule has 26 heavy (non-hydrogen) atoms. The highest BCUT2D eigenvalue weighted by Gasteiger charge is 2.19. The summed E-state index contributed by atoms with van der Waals surface area (Å²) in [6.45, 7) is 0. The fourth-order valence-electron chi connectivity index (χ4n) is 2.25.